The largest absolute Gasteiger partial charge is 0.508 e. The second-order valence-electron chi connectivity index (χ2n) is 4.42. The molecule has 0 aliphatic heterocycles. The average Bonchev–Trinajstić information content (AvgIpc) is 2.95. The summed E-state index contributed by atoms with van der Waals surface area (Å²) in [7, 11) is 0. The van der Waals surface area contributed by atoms with Crippen LogP contribution in [0.4, 0.5) is 4.39 Å². The molecule has 0 fully saturated rings. The van der Waals surface area contributed by atoms with Gasteiger partial charge in [-0.15, -0.1) is 0 Å². The van der Waals surface area contributed by atoms with E-state index in [0.717, 1.165) is 28.3 Å². The summed E-state index contributed by atoms with van der Waals surface area (Å²) in [5, 5.41) is 9.35. The summed E-state index contributed by atoms with van der Waals surface area (Å²) in [5.41, 5.74) is 1.77. The number of phenolic OH excluding ortho intramolecular Hbond substituents is 1. The van der Waals surface area contributed by atoms with Crippen LogP contribution in [0.15, 0.2) is 36.4 Å². The zero-order valence-corrected chi connectivity index (χ0v) is 12.2. The van der Waals surface area contributed by atoms with Crippen molar-refractivity contribution in [2.75, 3.05) is 0 Å². The lowest BCUT2D eigenvalue weighted by molar-refractivity contribution is 0.0921. The van der Waals surface area contributed by atoms with Gasteiger partial charge in [-0.25, -0.2) is 4.39 Å². The van der Waals surface area contributed by atoms with E-state index in [-0.39, 0.29) is 17.9 Å². The van der Waals surface area contributed by atoms with Gasteiger partial charge in [0.05, 0.1) is 18.3 Å². The normalized spacial score (nSPS) is 12.7. The van der Waals surface area contributed by atoms with Crippen molar-refractivity contribution in [3.05, 3.63) is 53.3 Å². The van der Waals surface area contributed by atoms with E-state index in [1.165, 1.54) is 18.2 Å². The third-order valence-electron chi connectivity index (χ3n) is 2.95. The number of alkyl halides is 1. The third kappa shape index (κ3) is 3.12. The van der Waals surface area contributed by atoms with Gasteiger partial charge in [0.15, 0.2) is 5.56 Å². The molecule has 4 nitrogen and oxygen atoms in total. The molecule has 0 amide bonds. The predicted molar refractivity (Wildman–Crippen MR) is 78.9 cm³/mol. The SMILES string of the molecule is Oc1ccc(F)c(COC(Cl)c2ccc3nsnc3c2)c1. The Morgan fingerprint density at radius 1 is 1.19 bits per heavy atom. The van der Waals surface area contributed by atoms with Gasteiger partial charge in [0.2, 0.25) is 0 Å². The van der Waals surface area contributed by atoms with Crippen molar-refractivity contribution in [1.82, 2.24) is 8.75 Å². The zero-order valence-electron chi connectivity index (χ0n) is 10.7. The van der Waals surface area contributed by atoms with E-state index in [2.05, 4.69) is 8.75 Å². The average molecular weight is 325 g/mol. The molecule has 0 spiro atoms. The Balaban J connectivity index is 1.73. The predicted octanol–water partition coefficient (Wildman–Crippen LogP) is 3.99. The van der Waals surface area contributed by atoms with Crippen LogP contribution in [0.2, 0.25) is 0 Å². The van der Waals surface area contributed by atoms with E-state index in [1.807, 2.05) is 6.07 Å². The van der Waals surface area contributed by atoms with Crippen molar-refractivity contribution < 1.29 is 14.2 Å². The molecule has 21 heavy (non-hydrogen) atoms. The molecule has 1 aromatic heterocycles. The number of fused-ring (bicyclic) bond motifs is 1. The van der Waals surface area contributed by atoms with Crippen LogP contribution in [0.25, 0.3) is 11.0 Å². The lowest BCUT2D eigenvalue weighted by Gasteiger charge is -2.12. The van der Waals surface area contributed by atoms with Gasteiger partial charge in [0, 0.05) is 5.56 Å². The zero-order chi connectivity index (χ0) is 14.8. The lowest BCUT2D eigenvalue weighted by atomic mass is 10.2. The summed E-state index contributed by atoms with van der Waals surface area (Å²) in [4.78, 5) is 0. The second kappa shape index (κ2) is 5.93. The van der Waals surface area contributed by atoms with Crippen LogP contribution in [0.3, 0.4) is 0 Å². The standard InChI is InChI=1S/C14H10ClFN2O2S/c15-14(8-1-4-12-13(6-8)18-21-17-12)20-7-9-5-10(19)2-3-11(9)16/h1-6,14,19H,7H2. The first-order chi connectivity index (χ1) is 10.1. The number of ether oxygens (including phenoxy) is 1. The molecule has 1 heterocycles. The highest BCUT2D eigenvalue weighted by Crippen LogP contribution is 2.27. The molecule has 1 N–H and O–H groups in total. The molecule has 7 heteroatoms. The molecule has 0 aliphatic rings. The van der Waals surface area contributed by atoms with Crippen LogP contribution in [0, 0.1) is 5.82 Å². The number of rotatable bonds is 4. The molecule has 0 saturated carbocycles. The number of halogens is 2. The van der Waals surface area contributed by atoms with Crippen LogP contribution >= 0.6 is 23.3 Å². The summed E-state index contributed by atoms with van der Waals surface area (Å²) in [5.74, 6) is -0.466. The molecule has 0 saturated heterocycles. The number of hydrogen-bond acceptors (Lipinski definition) is 5. The van der Waals surface area contributed by atoms with Crippen molar-refractivity contribution in [1.29, 1.82) is 0 Å². The maximum absolute atomic E-state index is 13.5. The van der Waals surface area contributed by atoms with E-state index < -0.39 is 11.4 Å². The molecule has 3 aromatic rings. The van der Waals surface area contributed by atoms with Crippen molar-refractivity contribution in [3.8, 4) is 5.75 Å². The smallest absolute Gasteiger partial charge is 0.157 e. The second-order valence-corrected chi connectivity index (χ2v) is 5.34. The highest BCUT2D eigenvalue weighted by molar-refractivity contribution is 7.00. The fraction of sp³-hybridized carbons (Fsp3) is 0.143. The number of phenols is 1. The van der Waals surface area contributed by atoms with Crippen molar-refractivity contribution in [2.45, 2.75) is 12.2 Å². The van der Waals surface area contributed by atoms with Gasteiger partial charge in [-0.2, -0.15) is 8.75 Å². The minimum Gasteiger partial charge on any atom is -0.508 e. The highest BCUT2D eigenvalue weighted by Gasteiger charge is 2.12. The maximum Gasteiger partial charge on any atom is 0.157 e. The van der Waals surface area contributed by atoms with Crippen molar-refractivity contribution in [2.24, 2.45) is 0 Å². The molecule has 1 atom stereocenters. The molecule has 2 aromatic carbocycles. The third-order valence-corrected chi connectivity index (χ3v) is 3.89. The van der Waals surface area contributed by atoms with Gasteiger partial charge >= 0.3 is 0 Å². The van der Waals surface area contributed by atoms with E-state index >= 15 is 0 Å². The number of hydrogen-bond donors (Lipinski definition) is 1. The fourth-order valence-corrected chi connectivity index (χ4v) is 2.59. The molecule has 108 valence electrons. The van der Waals surface area contributed by atoms with Crippen LogP contribution in [0.1, 0.15) is 16.7 Å². The Morgan fingerprint density at radius 2 is 2.00 bits per heavy atom. The topological polar surface area (TPSA) is 55.2 Å². The first-order valence-electron chi connectivity index (χ1n) is 6.09. The van der Waals surface area contributed by atoms with Crippen LogP contribution < -0.4 is 0 Å². The molecule has 0 radical (unpaired) electrons. The van der Waals surface area contributed by atoms with Gasteiger partial charge in [-0.05, 0) is 35.9 Å². The first-order valence-corrected chi connectivity index (χ1v) is 7.25. The molecule has 0 bridgehead atoms. The van der Waals surface area contributed by atoms with Gasteiger partial charge in [0.1, 0.15) is 22.6 Å². The number of aromatic hydroxyl groups is 1. The first kappa shape index (κ1) is 14.2. The van der Waals surface area contributed by atoms with Crippen molar-refractivity contribution in [3.63, 3.8) is 0 Å². The van der Waals surface area contributed by atoms with Gasteiger partial charge < -0.3 is 9.84 Å². The van der Waals surface area contributed by atoms with E-state index in [4.69, 9.17) is 16.3 Å². The summed E-state index contributed by atoms with van der Waals surface area (Å²) >= 11 is 7.29. The maximum atomic E-state index is 13.5. The summed E-state index contributed by atoms with van der Waals surface area (Å²) in [6, 6.07) is 9.16. The van der Waals surface area contributed by atoms with Gasteiger partial charge in [-0.1, -0.05) is 17.7 Å². The molecule has 1 unspecified atom stereocenters. The Bertz CT molecular complexity index is 781. The van der Waals surface area contributed by atoms with Gasteiger partial charge in [-0.3, -0.25) is 0 Å². The summed E-state index contributed by atoms with van der Waals surface area (Å²) < 4.78 is 27.2. The number of benzene rings is 2. The molecular weight excluding hydrogens is 315 g/mol. The molecule has 0 aliphatic carbocycles. The quantitative estimate of drug-likeness (QED) is 0.737. The minimum atomic E-state index is -0.738. The lowest BCUT2D eigenvalue weighted by Crippen LogP contribution is -2.00. The van der Waals surface area contributed by atoms with E-state index in [1.54, 1.807) is 12.1 Å². The van der Waals surface area contributed by atoms with Crippen LogP contribution in [-0.4, -0.2) is 13.9 Å². The molecular formula is C14H10ClFN2O2S. The summed E-state index contributed by atoms with van der Waals surface area (Å²) in [6.07, 6.45) is 0. The summed E-state index contributed by atoms with van der Waals surface area (Å²) in [6.45, 7) is -0.0399. The Morgan fingerprint density at radius 3 is 2.86 bits per heavy atom. The Hall–Kier alpha value is -1.76. The molecule has 3 rings (SSSR count). The Kier molecular flexibility index (Phi) is 4.01. The Labute approximate surface area is 129 Å². The fourth-order valence-electron chi connectivity index (χ4n) is 1.87. The van der Waals surface area contributed by atoms with Crippen molar-refractivity contribution >= 4 is 34.4 Å². The number of nitrogens with zero attached hydrogens (tertiary/aromatic N) is 2. The van der Waals surface area contributed by atoms with E-state index in [0.29, 0.717) is 0 Å². The number of aromatic nitrogens is 2. The van der Waals surface area contributed by atoms with E-state index in [9.17, 15) is 9.50 Å². The van der Waals surface area contributed by atoms with Gasteiger partial charge in [0.25, 0.3) is 0 Å². The van der Waals surface area contributed by atoms with Crippen LogP contribution in [-0.2, 0) is 11.3 Å². The minimum absolute atomic E-state index is 0.0175. The monoisotopic (exact) mass is 324 g/mol. The van der Waals surface area contributed by atoms with Crippen LogP contribution in [0.5, 0.6) is 5.75 Å². The highest BCUT2D eigenvalue weighted by atomic mass is 35.5.